The fourth-order valence-electron chi connectivity index (χ4n) is 0.642. The van der Waals surface area contributed by atoms with Crippen molar-refractivity contribution in [2.24, 2.45) is 0 Å². The second-order valence-electron chi connectivity index (χ2n) is 1.92. The van der Waals surface area contributed by atoms with Crippen LogP contribution in [-0.2, 0) is 68.8 Å². The maximum absolute atomic E-state index is 2.00. The van der Waals surface area contributed by atoms with E-state index in [1.165, 1.54) is 0 Å². The SMILES string of the molecule is [O-2].[O-2].[O-2].[Zr+4].[Zr+4].c1cc[cH-]c1.c1cc[cH-]c1. The molecule has 0 atom stereocenters. The maximum Gasteiger partial charge on any atom is 4.00 e. The van der Waals surface area contributed by atoms with E-state index in [1.54, 1.807) is 0 Å². The van der Waals surface area contributed by atoms with Gasteiger partial charge in [-0.15, -0.1) is 0 Å². The van der Waals surface area contributed by atoms with Crippen molar-refractivity contribution in [2.75, 3.05) is 0 Å². The largest absolute Gasteiger partial charge is 4.00 e. The second-order valence-corrected chi connectivity index (χ2v) is 1.92. The predicted molar refractivity (Wildman–Crippen MR) is 46.1 cm³/mol. The third-order valence-corrected chi connectivity index (χ3v) is 1.11. The molecule has 0 fully saturated rings. The number of hydrogen-bond acceptors (Lipinski definition) is 0. The van der Waals surface area contributed by atoms with Gasteiger partial charge in [0.2, 0.25) is 0 Å². The molecule has 0 aliphatic rings. The fraction of sp³-hybridized carbons (Fsp3) is 0. The third-order valence-electron chi connectivity index (χ3n) is 1.11. The van der Waals surface area contributed by atoms with Crippen LogP contribution in [0.15, 0.2) is 60.7 Å². The van der Waals surface area contributed by atoms with Crippen LogP contribution in [0.5, 0.6) is 0 Å². The Morgan fingerprint density at radius 1 is 0.467 bits per heavy atom. The molecule has 0 aliphatic heterocycles. The van der Waals surface area contributed by atoms with Gasteiger partial charge >= 0.3 is 52.4 Å². The van der Waals surface area contributed by atoms with Crippen molar-refractivity contribution in [3.8, 4) is 0 Å². The van der Waals surface area contributed by atoms with Gasteiger partial charge < -0.3 is 16.4 Å². The van der Waals surface area contributed by atoms with Gasteiger partial charge in [-0.1, -0.05) is 0 Å². The van der Waals surface area contributed by atoms with Crippen LogP contribution in [0.1, 0.15) is 0 Å². The summed E-state index contributed by atoms with van der Waals surface area (Å²) < 4.78 is 0. The van der Waals surface area contributed by atoms with Crippen LogP contribution < -0.4 is 0 Å². The molecule has 0 saturated heterocycles. The van der Waals surface area contributed by atoms with E-state index in [0.29, 0.717) is 0 Å². The van der Waals surface area contributed by atoms with E-state index in [-0.39, 0.29) is 68.8 Å². The van der Waals surface area contributed by atoms with Crippen LogP contribution in [0.3, 0.4) is 0 Å². The summed E-state index contributed by atoms with van der Waals surface area (Å²) in [6.07, 6.45) is 0. The van der Waals surface area contributed by atoms with Crippen molar-refractivity contribution < 1.29 is 68.8 Å². The molecule has 3 nitrogen and oxygen atoms in total. The Morgan fingerprint density at radius 2 is 0.667 bits per heavy atom. The molecule has 0 bridgehead atoms. The standard InChI is InChI=1S/2C5H5.3O.2Zr/c2*1-2-4-5-3-1;;;;;/h2*1-5H;;;;;/q2*-1;3*-2;2*+4. The summed E-state index contributed by atoms with van der Waals surface area (Å²) in [6.45, 7) is 0. The Kier molecular flexibility index (Phi) is 47.0. The Balaban J connectivity index is -0.0000000333. The summed E-state index contributed by atoms with van der Waals surface area (Å²) in [7, 11) is 0. The van der Waals surface area contributed by atoms with E-state index in [4.69, 9.17) is 0 Å². The van der Waals surface area contributed by atoms with Gasteiger partial charge in [0.05, 0.1) is 0 Å². The van der Waals surface area contributed by atoms with E-state index < -0.39 is 0 Å². The topological polar surface area (TPSA) is 85.5 Å². The van der Waals surface area contributed by atoms with Crippen molar-refractivity contribution >= 4 is 0 Å². The molecule has 2 aromatic rings. The van der Waals surface area contributed by atoms with Crippen molar-refractivity contribution in [1.29, 1.82) is 0 Å². The van der Waals surface area contributed by atoms with Gasteiger partial charge in [0.15, 0.2) is 0 Å². The number of hydrogen-bond donors (Lipinski definition) is 0. The van der Waals surface area contributed by atoms with E-state index in [9.17, 15) is 0 Å². The molecule has 0 heterocycles. The van der Waals surface area contributed by atoms with Crippen LogP contribution in [0, 0.1) is 0 Å². The van der Waals surface area contributed by atoms with E-state index >= 15 is 0 Å². The minimum Gasteiger partial charge on any atom is -2.00 e. The minimum absolute atomic E-state index is 0. The van der Waals surface area contributed by atoms with Crippen molar-refractivity contribution in [2.45, 2.75) is 0 Å². The molecule has 0 saturated carbocycles. The first-order valence-corrected chi connectivity index (χ1v) is 3.33. The molecule has 0 spiro atoms. The second kappa shape index (κ2) is 23.9. The Labute approximate surface area is 128 Å². The Bertz CT molecular complexity index is 158. The predicted octanol–water partition coefficient (Wildman–Crippen LogP) is 2.45. The molecule has 76 valence electrons. The zero-order valence-electron chi connectivity index (χ0n) is 8.00. The average Bonchev–Trinajstić information content (AvgIpc) is 2.67. The zero-order valence-corrected chi connectivity index (χ0v) is 12.9. The summed E-state index contributed by atoms with van der Waals surface area (Å²) in [6, 6.07) is 20.0. The molecule has 2 aromatic carbocycles. The van der Waals surface area contributed by atoms with Crippen molar-refractivity contribution in [1.82, 2.24) is 0 Å². The third kappa shape index (κ3) is 20.4. The molecule has 0 amide bonds. The van der Waals surface area contributed by atoms with Crippen molar-refractivity contribution in [3.63, 3.8) is 0 Å². The van der Waals surface area contributed by atoms with Gasteiger partial charge in [-0.3, -0.25) is 0 Å². The van der Waals surface area contributed by atoms with Crippen LogP contribution >= 0.6 is 0 Å². The Morgan fingerprint density at radius 3 is 0.733 bits per heavy atom. The first kappa shape index (κ1) is 29.5. The summed E-state index contributed by atoms with van der Waals surface area (Å²) >= 11 is 0. The number of rotatable bonds is 0. The summed E-state index contributed by atoms with van der Waals surface area (Å²) in [5.41, 5.74) is 0. The Hall–Kier alpha value is 0.346. The van der Waals surface area contributed by atoms with Crippen LogP contribution in [0.2, 0.25) is 0 Å². The molecule has 15 heavy (non-hydrogen) atoms. The van der Waals surface area contributed by atoms with E-state index in [0.717, 1.165) is 0 Å². The molecule has 0 unspecified atom stereocenters. The molecular formula is C10H10O3Zr2. The molecule has 0 aromatic heterocycles. The fourth-order valence-corrected chi connectivity index (χ4v) is 0.642. The van der Waals surface area contributed by atoms with Gasteiger partial charge in [0, 0.05) is 0 Å². The minimum atomic E-state index is 0. The summed E-state index contributed by atoms with van der Waals surface area (Å²) in [5.74, 6) is 0. The molecule has 0 N–H and O–H groups in total. The molecular weight excluding hydrogens is 351 g/mol. The van der Waals surface area contributed by atoms with Gasteiger partial charge in [-0.05, 0) is 0 Å². The molecule has 0 radical (unpaired) electrons. The first-order chi connectivity index (χ1) is 5.00. The van der Waals surface area contributed by atoms with E-state index in [2.05, 4.69) is 0 Å². The van der Waals surface area contributed by atoms with Crippen LogP contribution in [-0.4, -0.2) is 0 Å². The molecule has 5 heteroatoms. The van der Waals surface area contributed by atoms with Gasteiger partial charge in [0.25, 0.3) is 0 Å². The summed E-state index contributed by atoms with van der Waals surface area (Å²) in [4.78, 5) is 0. The summed E-state index contributed by atoms with van der Waals surface area (Å²) in [5, 5.41) is 0. The quantitative estimate of drug-likeness (QED) is 0.646. The smallest absolute Gasteiger partial charge is 2.00 e. The van der Waals surface area contributed by atoms with Crippen LogP contribution in [0.4, 0.5) is 0 Å². The average molecular weight is 361 g/mol. The van der Waals surface area contributed by atoms with Crippen LogP contribution in [0.25, 0.3) is 0 Å². The monoisotopic (exact) mass is 358 g/mol. The maximum atomic E-state index is 2.00. The molecule has 2 rings (SSSR count). The van der Waals surface area contributed by atoms with E-state index in [1.807, 2.05) is 60.7 Å². The first-order valence-electron chi connectivity index (χ1n) is 3.33. The normalized spacial score (nSPS) is 5.33. The van der Waals surface area contributed by atoms with Crippen molar-refractivity contribution in [3.05, 3.63) is 60.7 Å². The molecule has 0 aliphatic carbocycles. The zero-order chi connectivity index (χ0) is 7.07. The van der Waals surface area contributed by atoms with Gasteiger partial charge in [-0.2, -0.15) is 36.4 Å². The van der Waals surface area contributed by atoms with Gasteiger partial charge in [0.1, 0.15) is 0 Å². The van der Waals surface area contributed by atoms with Gasteiger partial charge in [-0.25, -0.2) is 24.3 Å².